The van der Waals surface area contributed by atoms with Gasteiger partial charge in [-0.15, -0.1) is 0 Å². The molecule has 220 valence electrons. The van der Waals surface area contributed by atoms with Crippen LogP contribution in [0.5, 0.6) is 5.75 Å². The molecule has 0 spiro atoms. The maximum Gasteiger partial charge on any atom is 0.223 e. The summed E-state index contributed by atoms with van der Waals surface area (Å²) in [6, 6.07) is 35.1. The Morgan fingerprint density at radius 2 is 1.56 bits per heavy atom. The normalized spacial score (nSPS) is 13.2. The quantitative estimate of drug-likeness (QED) is 0.164. The van der Waals surface area contributed by atoms with Crippen molar-refractivity contribution in [3.63, 3.8) is 0 Å². The molecule has 0 radical (unpaired) electrons. The van der Waals surface area contributed by atoms with E-state index in [4.69, 9.17) is 15.2 Å². The van der Waals surface area contributed by atoms with Gasteiger partial charge < -0.3 is 25.0 Å². The molecule has 0 aromatic heterocycles. The predicted octanol–water partition coefficient (Wildman–Crippen LogP) is 5.60. The Hall–Kier alpha value is -4.95. The Morgan fingerprint density at radius 1 is 0.930 bits per heavy atom. The topological polar surface area (TPSA) is 97.5 Å². The van der Waals surface area contributed by atoms with E-state index in [0.29, 0.717) is 37.4 Å². The molecule has 0 aliphatic carbocycles. The second-order valence-corrected chi connectivity index (χ2v) is 10.4. The van der Waals surface area contributed by atoms with Crippen molar-refractivity contribution in [2.75, 3.05) is 13.7 Å². The maximum atomic E-state index is 13.3. The van der Waals surface area contributed by atoms with Gasteiger partial charge in [0.25, 0.3) is 0 Å². The SMILES string of the molecule is CN(C(=O)CCCOc1cccc2c1CN(C(C=O)OCc1ccccc1)C(N)=N2)C(c1ccccc1)c1ccccc1. The zero-order chi connectivity index (χ0) is 30.0. The van der Waals surface area contributed by atoms with Crippen LogP contribution in [0.3, 0.4) is 0 Å². The lowest BCUT2D eigenvalue weighted by molar-refractivity contribution is -0.131. The third-order valence-electron chi connectivity index (χ3n) is 7.46. The molecule has 5 rings (SSSR count). The number of nitrogens with two attached hydrogens (primary N) is 1. The molecule has 43 heavy (non-hydrogen) atoms. The molecule has 0 bridgehead atoms. The molecule has 2 N–H and O–H groups in total. The summed E-state index contributed by atoms with van der Waals surface area (Å²) >= 11 is 0. The van der Waals surface area contributed by atoms with E-state index < -0.39 is 6.23 Å². The number of aldehydes is 1. The van der Waals surface area contributed by atoms with Crippen LogP contribution >= 0.6 is 0 Å². The Kier molecular flexibility index (Phi) is 9.82. The second kappa shape index (κ2) is 14.3. The summed E-state index contributed by atoms with van der Waals surface area (Å²) in [5, 5.41) is 0. The zero-order valence-corrected chi connectivity index (χ0v) is 24.2. The molecule has 1 unspecified atom stereocenters. The fraction of sp³-hybridized carbons (Fsp3) is 0.229. The molecule has 1 atom stereocenters. The third kappa shape index (κ3) is 7.28. The standard InChI is InChI=1S/C35H36N4O4/c1-38(34(27-15-7-3-8-16-27)28-17-9-4-10-18-28)32(41)21-12-22-42-31-20-11-19-30-29(31)23-39(35(36)37-30)33(24-40)43-25-26-13-5-2-6-14-26/h2-11,13-20,24,33-34H,12,21-23,25H2,1H3,(H2,36,37). The van der Waals surface area contributed by atoms with Crippen LogP contribution in [0.25, 0.3) is 0 Å². The van der Waals surface area contributed by atoms with Crippen molar-refractivity contribution in [1.82, 2.24) is 9.80 Å². The van der Waals surface area contributed by atoms with Gasteiger partial charge in [0, 0.05) is 19.0 Å². The minimum Gasteiger partial charge on any atom is -0.493 e. The van der Waals surface area contributed by atoms with Gasteiger partial charge in [-0.05, 0) is 35.2 Å². The average molecular weight is 577 g/mol. The van der Waals surface area contributed by atoms with Crippen LogP contribution in [0, 0.1) is 0 Å². The first kappa shape index (κ1) is 29.5. The summed E-state index contributed by atoms with van der Waals surface area (Å²) in [5.41, 5.74) is 10.8. The van der Waals surface area contributed by atoms with Crippen molar-refractivity contribution in [1.29, 1.82) is 0 Å². The van der Waals surface area contributed by atoms with E-state index in [1.54, 1.807) is 9.80 Å². The molecule has 0 saturated carbocycles. The first-order valence-electron chi connectivity index (χ1n) is 14.4. The number of nitrogens with zero attached hydrogens (tertiary/aromatic N) is 3. The first-order valence-corrected chi connectivity index (χ1v) is 14.4. The summed E-state index contributed by atoms with van der Waals surface area (Å²) < 4.78 is 12.0. The van der Waals surface area contributed by atoms with Gasteiger partial charge in [0.1, 0.15) is 5.75 Å². The third-order valence-corrected chi connectivity index (χ3v) is 7.46. The van der Waals surface area contributed by atoms with Crippen molar-refractivity contribution in [2.45, 2.75) is 38.3 Å². The first-order chi connectivity index (χ1) is 21.0. The van der Waals surface area contributed by atoms with Crippen LogP contribution in [-0.2, 0) is 27.5 Å². The molecule has 8 heteroatoms. The zero-order valence-electron chi connectivity index (χ0n) is 24.2. The molecular weight excluding hydrogens is 540 g/mol. The number of hydrogen-bond donors (Lipinski definition) is 1. The smallest absolute Gasteiger partial charge is 0.223 e. The fourth-order valence-electron chi connectivity index (χ4n) is 5.21. The van der Waals surface area contributed by atoms with Gasteiger partial charge >= 0.3 is 0 Å². The van der Waals surface area contributed by atoms with Gasteiger partial charge in [0.05, 0.1) is 31.5 Å². The van der Waals surface area contributed by atoms with Gasteiger partial charge in [-0.2, -0.15) is 0 Å². The Bertz CT molecular complexity index is 1490. The average Bonchev–Trinajstić information content (AvgIpc) is 3.05. The molecule has 1 aliphatic rings. The Labute approximate surface area is 252 Å². The van der Waals surface area contributed by atoms with Gasteiger partial charge in [0.15, 0.2) is 18.5 Å². The minimum absolute atomic E-state index is 0.0318. The molecule has 4 aromatic carbocycles. The van der Waals surface area contributed by atoms with E-state index in [1.165, 1.54) is 0 Å². The second-order valence-electron chi connectivity index (χ2n) is 10.4. The fourth-order valence-corrected chi connectivity index (χ4v) is 5.21. The number of hydrogen-bond acceptors (Lipinski definition) is 7. The van der Waals surface area contributed by atoms with Crippen molar-refractivity contribution < 1.29 is 19.1 Å². The van der Waals surface area contributed by atoms with E-state index in [1.807, 2.05) is 116 Å². The number of carbonyl (C=O) groups excluding carboxylic acids is 2. The minimum atomic E-state index is -0.902. The lowest BCUT2D eigenvalue weighted by Gasteiger charge is -2.33. The highest BCUT2D eigenvalue weighted by Gasteiger charge is 2.28. The molecule has 1 amide bonds. The predicted molar refractivity (Wildman–Crippen MR) is 167 cm³/mol. The van der Waals surface area contributed by atoms with E-state index >= 15 is 0 Å². The number of ether oxygens (including phenoxy) is 2. The highest BCUT2D eigenvalue weighted by molar-refractivity contribution is 5.86. The summed E-state index contributed by atoms with van der Waals surface area (Å²) in [4.78, 5) is 33.2. The summed E-state index contributed by atoms with van der Waals surface area (Å²) in [7, 11) is 1.85. The van der Waals surface area contributed by atoms with Crippen LogP contribution in [0.1, 0.15) is 41.1 Å². The monoisotopic (exact) mass is 576 g/mol. The van der Waals surface area contributed by atoms with E-state index in [0.717, 1.165) is 28.5 Å². The molecule has 1 aliphatic heterocycles. The number of carbonyl (C=O) groups is 2. The molecule has 4 aromatic rings. The number of aliphatic imine (C=N–C) groups is 1. The Balaban J connectivity index is 1.20. The van der Waals surface area contributed by atoms with Crippen LogP contribution in [0.15, 0.2) is 114 Å². The summed E-state index contributed by atoms with van der Waals surface area (Å²) in [6.45, 7) is 0.908. The molecule has 1 heterocycles. The van der Waals surface area contributed by atoms with Gasteiger partial charge in [-0.1, -0.05) is 97.1 Å². The van der Waals surface area contributed by atoms with E-state index in [2.05, 4.69) is 4.99 Å². The van der Waals surface area contributed by atoms with Gasteiger partial charge in [0.2, 0.25) is 5.91 Å². The van der Waals surface area contributed by atoms with E-state index in [-0.39, 0.29) is 24.5 Å². The number of rotatable bonds is 13. The van der Waals surface area contributed by atoms with Crippen LogP contribution in [0.4, 0.5) is 5.69 Å². The molecule has 8 nitrogen and oxygen atoms in total. The lowest BCUT2D eigenvalue weighted by atomic mass is 9.97. The van der Waals surface area contributed by atoms with Crippen molar-refractivity contribution >= 4 is 23.8 Å². The van der Waals surface area contributed by atoms with Crippen molar-refractivity contribution in [3.05, 3.63) is 131 Å². The molecule has 0 fully saturated rings. The highest BCUT2D eigenvalue weighted by Crippen LogP contribution is 2.34. The largest absolute Gasteiger partial charge is 0.493 e. The number of benzene rings is 4. The number of fused-ring (bicyclic) bond motifs is 1. The van der Waals surface area contributed by atoms with Crippen LogP contribution in [0.2, 0.25) is 0 Å². The molecular formula is C35H36N4O4. The van der Waals surface area contributed by atoms with Crippen LogP contribution < -0.4 is 10.5 Å². The maximum absolute atomic E-state index is 13.3. The van der Waals surface area contributed by atoms with E-state index in [9.17, 15) is 9.59 Å². The number of guanidine groups is 1. The summed E-state index contributed by atoms with van der Waals surface area (Å²) in [5.74, 6) is 0.873. The van der Waals surface area contributed by atoms with Crippen molar-refractivity contribution in [3.8, 4) is 5.75 Å². The number of amides is 1. The van der Waals surface area contributed by atoms with Crippen molar-refractivity contribution in [2.24, 2.45) is 10.7 Å². The van der Waals surface area contributed by atoms with Gasteiger partial charge in [-0.25, -0.2) is 4.99 Å². The Morgan fingerprint density at radius 3 is 2.19 bits per heavy atom. The summed E-state index contributed by atoms with van der Waals surface area (Å²) in [6.07, 6.45) is 0.690. The highest BCUT2D eigenvalue weighted by atomic mass is 16.5. The lowest BCUT2D eigenvalue weighted by Crippen LogP contribution is -2.47. The molecule has 0 saturated heterocycles. The van der Waals surface area contributed by atoms with Crippen LogP contribution in [-0.4, -0.2) is 47.8 Å². The van der Waals surface area contributed by atoms with Gasteiger partial charge in [-0.3, -0.25) is 9.59 Å².